The van der Waals surface area contributed by atoms with Crippen LogP contribution in [0, 0.1) is 0 Å². The molecule has 1 aliphatic heterocycles. The van der Waals surface area contributed by atoms with Crippen molar-refractivity contribution in [1.29, 1.82) is 0 Å². The van der Waals surface area contributed by atoms with Crippen LogP contribution < -0.4 is 9.64 Å². The van der Waals surface area contributed by atoms with Crippen LogP contribution in [0.25, 0.3) is 10.9 Å². The van der Waals surface area contributed by atoms with E-state index < -0.39 is 0 Å². The van der Waals surface area contributed by atoms with Crippen LogP contribution >= 0.6 is 0 Å². The van der Waals surface area contributed by atoms with E-state index in [1.165, 1.54) is 22.3 Å². The Labute approximate surface area is 141 Å². The Bertz CT molecular complexity index is 864. The number of fused-ring (bicyclic) bond motifs is 1. The van der Waals surface area contributed by atoms with Gasteiger partial charge < -0.3 is 14.6 Å². The number of methoxy groups -OCH3 is 1. The van der Waals surface area contributed by atoms with E-state index in [0.717, 1.165) is 37.4 Å². The van der Waals surface area contributed by atoms with Crippen LogP contribution in [0.4, 0.5) is 5.69 Å². The Morgan fingerprint density at radius 3 is 2.71 bits per heavy atom. The first-order valence-electron chi connectivity index (χ1n) is 8.35. The maximum absolute atomic E-state index is 5.28. The number of anilines is 1. The Morgan fingerprint density at radius 2 is 1.96 bits per heavy atom. The minimum atomic E-state index is 0.815. The molecule has 4 heteroatoms. The molecule has 0 bridgehead atoms. The zero-order chi connectivity index (χ0) is 16.4. The fourth-order valence-corrected chi connectivity index (χ4v) is 3.27. The van der Waals surface area contributed by atoms with Gasteiger partial charge in [0.15, 0.2) is 0 Å². The van der Waals surface area contributed by atoms with Crippen molar-refractivity contribution in [3.8, 4) is 5.75 Å². The summed E-state index contributed by atoms with van der Waals surface area (Å²) in [6.45, 7) is 1.74. The highest BCUT2D eigenvalue weighted by Crippen LogP contribution is 2.27. The van der Waals surface area contributed by atoms with E-state index in [1.807, 2.05) is 12.1 Å². The van der Waals surface area contributed by atoms with Gasteiger partial charge in [-0.1, -0.05) is 18.2 Å². The summed E-state index contributed by atoms with van der Waals surface area (Å²) in [6, 6.07) is 16.7. The highest BCUT2D eigenvalue weighted by Gasteiger charge is 2.18. The second-order valence-electron chi connectivity index (χ2n) is 6.05. The van der Waals surface area contributed by atoms with Gasteiger partial charge >= 0.3 is 0 Å². The van der Waals surface area contributed by atoms with Gasteiger partial charge in [0.1, 0.15) is 11.6 Å². The largest absolute Gasteiger partial charge is 0.497 e. The number of benzene rings is 2. The van der Waals surface area contributed by atoms with Crippen molar-refractivity contribution in [2.75, 3.05) is 18.6 Å². The second kappa shape index (κ2) is 6.40. The third-order valence-corrected chi connectivity index (χ3v) is 4.55. The van der Waals surface area contributed by atoms with E-state index in [9.17, 15) is 0 Å². The Morgan fingerprint density at radius 1 is 1.12 bits per heavy atom. The molecule has 1 N–H and O–H groups in total. The number of nitrogens with one attached hydrogen (secondary N) is 1. The van der Waals surface area contributed by atoms with E-state index in [-0.39, 0.29) is 0 Å². The number of hydrogen-bond donors (Lipinski definition) is 1. The first-order valence-corrected chi connectivity index (χ1v) is 8.35. The van der Waals surface area contributed by atoms with Gasteiger partial charge in [0.05, 0.1) is 13.7 Å². The lowest BCUT2D eigenvalue weighted by atomic mass is 10.1. The Kier molecular flexibility index (Phi) is 3.95. The van der Waals surface area contributed by atoms with Gasteiger partial charge in [-0.2, -0.15) is 0 Å². The highest BCUT2D eigenvalue weighted by atomic mass is 16.5. The number of ether oxygens (including phenoxy) is 1. The lowest BCUT2D eigenvalue weighted by molar-refractivity contribution is 0.415. The molecule has 4 nitrogen and oxygen atoms in total. The molecule has 1 aromatic heterocycles. The van der Waals surface area contributed by atoms with Crippen LogP contribution in [0.3, 0.4) is 0 Å². The SMILES string of the molecule is COc1ccc(N(Cc2c[nH]c3ccccc23)C2=NCCC2)cc1. The minimum Gasteiger partial charge on any atom is -0.497 e. The molecule has 1 aliphatic rings. The Balaban J connectivity index is 1.70. The fraction of sp³-hybridized carbons (Fsp3) is 0.250. The number of H-pyrrole nitrogens is 1. The van der Waals surface area contributed by atoms with Crippen molar-refractivity contribution in [3.63, 3.8) is 0 Å². The molecule has 122 valence electrons. The molecule has 0 spiro atoms. The third kappa shape index (κ3) is 2.75. The third-order valence-electron chi connectivity index (χ3n) is 4.55. The lowest BCUT2D eigenvalue weighted by Crippen LogP contribution is -2.28. The quantitative estimate of drug-likeness (QED) is 0.775. The zero-order valence-electron chi connectivity index (χ0n) is 13.8. The fourth-order valence-electron chi connectivity index (χ4n) is 3.27. The van der Waals surface area contributed by atoms with Crippen molar-refractivity contribution < 1.29 is 4.74 Å². The average Bonchev–Trinajstić information content (AvgIpc) is 3.30. The zero-order valence-corrected chi connectivity index (χ0v) is 13.8. The van der Waals surface area contributed by atoms with Crippen molar-refractivity contribution in [2.24, 2.45) is 4.99 Å². The molecule has 0 unspecified atom stereocenters. The maximum atomic E-state index is 5.28. The summed E-state index contributed by atoms with van der Waals surface area (Å²) in [4.78, 5) is 10.4. The van der Waals surface area contributed by atoms with Gasteiger partial charge in [0.25, 0.3) is 0 Å². The summed E-state index contributed by atoms with van der Waals surface area (Å²) in [5.74, 6) is 2.05. The number of aromatic amines is 1. The maximum Gasteiger partial charge on any atom is 0.119 e. The predicted octanol–water partition coefficient (Wildman–Crippen LogP) is 4.38. The monoisotopic (exact) mass is 319 g/mol. The molecule has 24 heavy (non-hydrogen) atoms. The summed E-state index contributed by atoms with van der Waals surface area (Å²) >= 11 is 0. The first kappa shape index (κ1) is 14.8. The predicted molar refractivity (Wildman–Crippen MR) is 99.0 cm³/mol. The van der Waals surface area contributed by atoms with Gasteiger partial charge in [0, 0.05) is 35.8 Å². The summed E-state index contributed by atoms with van der Waals surface area (Å²) in [5.41, 5.74) is 3.62. The van der Waals surface area contributed by atoms with E-state index in [4.69, 9.17) is 9.73 Å². The van der Waals surface area contributed by atoms with E-state index in [2.05, 4.69) is 52.5 Å². The van der Waals surface area contributed by atoms with Gasteiger partial charge in [0.2, 0.25) is 0 Å². The Hall–Kier alpha value is -2.75. The minimum absolute atomic E-state index is 0.815. The van der Waals surface area contributed by atoms with Crippen molar-refractivity contribution in [3.05, 3.63) is 60.3 Å². The topological polar surface area (TPSA) is 40.6 Å². The average molecular weight is 319 g/mol. The molecule has 0 saturated heterocycles. The normalized spacial score (nSPS) is 14.0. The molecular weight excluding hydrogens is 298 g/mol. The van der Waals surface area contributed by atoms with Crippen molar-refractivity contribution in [2.45, 2.75) is 19.4 Å². The molecule has 0 fully saturated rings. The van der Waals surface area contributed by atoms with Gasteiger partial charge in [-0.25, -0.2) is 0 Å². The van der Waals surface area contributed by atoms with Crippen LogP contribution in [0.15, 0.2) is 59.7 Å². The molecule has 2 heterocycles. The lowest BCUT2D eigenvalue weighted by Gasteiger charge is -2.25. The van der Waals surface area contributed by atoms with Gasteiger partial charge in [-0.05, 0) is 42.3 Å². The number of para-hydroxylation sites is 1. The molecule has 0 amide bonds. The number of amidine groups is 1. The molecule has 2 aromatic carbocycles. The number of rotatable bonds is 4. The van der Waals surface area contributed by atoms with Crippen LogP contribution in [-0.4, -0.2) is 24.5 Å². The van der Waals surface area contributed by atoms with Gasteiger partial charge in [-0.3, -0.25) is 4.99 Å². The highest BCUT2D eigenvalue weighted by molar-refractivity contribution is 5.99. The summed E-state index contributed by atoms with van der Waals surface area (Å²) in [7, 11) is 1.69. The summed E-state index contributed by atoms with van der Waals surface area (Å²) in [5, 5.41) is 1.27. The number of nitrogens with zero attached hydrogens (tertiary/aromatic N) is 2. The molecule has 0 atom stereocenters. The molecule has 4 rings (SSSR count). The second-order valence-corrected chi connectivity index (χ2v) is 6.05. The van der Waals surface area contributed by atoms with Crippen LogP contribution in [0.2, 0.25) is 0 Å². The number of aliphatic imine (C=N–C) groups is 1. The van der Waals surface area contributed by atoms with Crippen LogP contribution in [0.5, 0.6) is 5.75 Å². The number of aromatic nitrogens is 1. The smallest absolute Gasteiger partial charge is 0.119 e. The molecule has 0 radical (unpaired) electrons. The molecule has 0 saturated carbocycles. The summed E-state index contributed by atoms with van der Waals surface area (Å²) in [6.07, 6.45) is 4.28. The molecule has 0 aliphatic carbocycles. The van der Waals surface area contributed by atoms with Gasteiger partial charge in [-0.15, -0.1) is 0 Å². The van der Waals surface area contributed by atoms with Crippen molar-refractivity contribution >= 4 is 22.4 Å². The van der Waals surface area contributed by atoms with Crippen LogP contribution in [0.1, 0.15) is 18.4 Å². The first-order chi connectivity index (χ1) is 11.8. The van der Waals surface area contributed by atoms with E-state index in [1.54, 1.807) is 7.11 Å². The van der Waals surface area contributed by atoms with E-state index >= 15 is 0 Å². The van der Waals surface area contributed by atoms with Crippen molar-refractivity contribution in [1.82, 2.24) is 4.98 Å². The summed E-state index contributed by atoms with van der Waals surface area (Å²) < 4.78 is 5.28. The van der Waals surface area contributed by atoms with E-state index in [0.29, 0.717) is 0 Å². The molecular formula is C20H21N3O. The molecule has 3 aromatic rings. The standard InChI is InChI=1S/C20H21N3O/c1-24-17-10-8-16(9-11-17)23(20-7-4-12-21-20)14-15-13-22-19-6-3-2-5-18(15)19/h2-3,5-6,8-11,13,22H,4,7,12,14H2,1H3. The number of hydrogen-bond acceptors (Lipinski definition) is 3. The van der Waals surface area contributed by atoms with Crippen LogP contribution in [-0.2, 0) is 6.54 Å².